The number of hydrogen-bond donors (Lipinski definition) is 1. The van der Waals surface area contributed by atoms with E-state index in [1.165, 1.54) is 31.2 Å². The standard InChI is InChI=1S/C17H25Cl2N/c1-4-9-20-16-11-13(17(16,5-2)6-3)12-7-8-14(18)15(19)10-12/h7-8,10,13,16,20H,4-6,9,11H2,1-3H3. The van der Waals surface area contributed by atoms with E-state index >= 15 is 0 Å². The van der Waals surface area contributed by atoms with Crippen LogP contribution in [0.15, 0.2) is 18.2 Å². The van der Waals surface area contributed by atoms with Gasteiger partial charge in [-0.3, -0.25) is 0 Å². The van der Waals surface area contributed by atoms with Crippen LogP contribution in [0.4, 0.5) is 0 Å². The monoisotopic (exact) mass is 313 g/mol. The van der Waals surface area contributed by atoms with Crippen molar-refractivity contribution in [3.05, 3.63) is 33.8 Å². The van der Waals surface area contributed by atoms with Crippen LogP contribution in [-0.2, 0) is 0 Å². The van der Waals surface area contributed by atoms with Gasteiger partial charge in [-0.15, -0.1) is 0 Å². The molecule has 2 atom stereocenters. The zero-order valence-electron chi connectivity index (χ0n) is 12.7. The van der Waals surface area contributed by atoms with Crippen LogP contribution in [0.2, 0.25) is 10.0 Å². The first-order valence-electron chi connectivity index (χ1n) is 7.77. The van der Waals surface area contributed by atoms with Crippen LogP contribution in [0.25, 0.3) is 0 Å². The Bertz CT molecular complexity index is 454. The summed E-state index contributed by atoms with van der Waals surface area (Å²) in [5.74, 6) is 0.599. The van der Waals surface area contributed by atoms with E-state index in [1.54, 1.807) is 0 Å². The molecule has 3 heteroatoms. The Morgan fingerprint density at radius 1 is 1.15 bits per heavy atom. The lowest BCUT2D eigenvalue weighted by Gasteiger charge is -2.57. The summed E-state index contributed by atoms with van der Waals surface area (Å²) in [7, 11) is 0. The van der Waals surface area contributed by atoms with Crippen LogP contribution >= 0.6 is 23.2 Å². The summed E-state index contributed by atoms with van der Waals surface area (Å²) in [6, 6.07) is 6.78. The van der Waals surface area contributed by atoms with Crippen molar-refractivity contribution < 1.29 is 0 Å². The summed E-state index contributed by atoms with van der Waals surface area (Å²) in [6.45, 7) is 7.96. The zero-order chi connectivity index (χ0) is 14.8. The highest BCUT2D eigenvalue weighted by molar-refractivity contribution is 6.42. The molecule has 2 unspecified atom stereocenters. The molecule has 0 spiro atoms. The minimum atomic E-state index is 0.367. The molecule has 0 saturated heterocycles. The molecule has 20 heavy (non-hydrogen) atoms. The average Bonchev–Trinajstić information content (AvgIpc) is 2.43. The first-order chi connectivity index (χ1) is 9.58. The molecule has 112 valence electrons. The molecule has 1 aliphatic carbocycles. The quantitative estimate of drug-likeness (QED) is 0.715. The SMILES string of the molecule is CCCNC1CC(c2ccc(Cl)c(Cl)c2)C1(CC)CC. The molecule has 1 aromatic carbocycles. The van der Waals surface area contributed by atoms with Crippen LogP contribution in [0, 0.1) is 5.41 Å². The molecule has 1 N–H and O–H groups in total. The van der Waals surface area contributed by atoms with Crippen molar-refractivity contribution in [2.75, 3.05) is 6.54 Å². The molecular weight excluding hydrogens is 289 g/mol. The first kappa shape index (κ1) is 16.1. The third-order valence-electron chi connectivity index (χ3n) is 5.16. The molecule has 0 aliphatic heterocycles. The summed E-state index contributed by atoms with van der Waals surface area (Å²) in [5, 5.41) is 5.05. The number of nitrogens with one attached hydrogen (secondary N) is 1. The topological polar surface area (TPSA) is 12.0 Å². The van der Waals surface area contributed by atoms with E-state index in [2.05, 4.69) is 38.2 Å². The molecule has 2 rings (SSSR count). The second-order valence-corrected chi connectivity index (χ2v) is 6.72. The third kappa shape index (κ3) is 2.73. The van der Waals surface area contributed by atoms with Crippen molar-refractivity contribution in [2.45, 2.75) is 58.4 Å². The number of halogens is 2. The summed E-state index contributed by atoms with van der Waals surface area (Å²) >= 11 is 12.2. The van der Waals surface area contributed by atoms with Crippen LogP contribution in [0.5, 0.6) is 0 Å². The van der Waals surface area contributed by atoms with Crippen molar-refractivity contribution in [1.82, 2.24) is 5.32 Å². The maximum Gasteiger partial charge on any atom is 0.0595 e. The smallest absolute Gasteiger partial charge is 0.0595 e. The molecule has 0 bridgehead atoms. The van der Waals surface area contributed by atoms with Gasteiger partial charge in [0.2, 0.25) is 0 Å². The molecular formula is C17H25Cl2N. The van der Waals surface area contributed by atoms with Gasteiger partial charge < -0.3 is 5.32 Å². The fraction of sp³-hybridized carbons (Fsp3) is 0.647. The van der Waals surface area contributed by atoms with E-state index < -0.39 is 0 Å². The number of hydrogen-bond acceptors (Lipinski definition) is 1. The Kier molecular flexibility index (Phi) is 5.39. The molecule has 1 aromatic rings. The molecule has 1 fully saturated rings. The normalized spacial score (nSPS) is 24.4. The number of rotatable bonds is 6. The molecule has 0 radical (unpaired) electrons. The summed E-state index contributed by atoms with van der Waals surface area (Å²) in [6.07, 6.45) is 4.81. The maximum atomic E-state index is 6.19. The summed E-state index contributed by atoms with van der Waals surface area (Å²) in [5.41, 5.74) is 1.71. The summed E-state index contributed by atoms with van der Waals surface area (Å²) < 4.78 is 0. The highest BCUT2D eigenvalue weighted by Gasteiger charge is 2.52. The van der Waals surface area contributed by atoms with Crippen molar-refractivity contribution >= 4 is 23.2 Å². The highest BCUT2D eigenvalue weighted by atomic mass is 35.5. The fourth-order valence-electron chi connectivity index (χ4n) is 3.83. The van der Waals surface area contributed by atoms with E-state index in [0.29, 0.717) is 27.4 Å². The van der Waals surface area contributed by atoms with E-state index in [0.717, 1.165) is 6.54 Å². The van der Waals surface area contributed by atoms with Gasteiger partial charge in [0.15, 0.2) is 0 Å². The Morgan fingerprint density at radius 3 is 2.40 bits per heavy atom. The minimum Gasteiger partial charge on any atom is -0.313 e. The molecule has 1 saturated carbocycles. The van der Waals surface area contributed by atoms with Crippen molar-refractivity contribution in [1.29, 1.82) is 0 Å². The van der Waals surface area contributed by atoms with Crippen LogP contribution < -0.4 is 5.32 Å². The van der Waals surface area contributed by atoms with Gasteiger partial charge in [-0.25, -0.2) is 0 Å². The lowest BCUT2D eigenvalue weighted by Crippen LogP contribution is -2.58. The van der Waals surface area contributed by atoms with Gasteiger partial charge in [0.25, 0.3) is 0 Å². The first-order valence-corrected chi connectivity index (χ1v) is 8.53. The van der Waals surface area contributed by atoms with E-state index in [1.807, 2.05) is 6.07 Å². The van der Waals surface area contributed by atoms with E-state index in [4.69, 9.17) is 23.2 Å². The van der Waals surface area contributed by atoms with Crippen LogP contribution in [0.3, 0.4) is 0 Å². The predicted molar refractivity (Wildman–Crippen MR) is 88.9 cm³/mol. The van der Waals surface area contributed by atoms with Crippen molar-refractivity contribution in [2.24, 2.45) is 5.41 Å². The summed E-state index contributed by atoms with van der Waals surface area (Å²) in [4.78, 5) is 0. The van der Waals surface area contributed by atoms with Crippen LogP contribution in [-0.4, -0.2) is 12.6 Å². The Hall–Kier alpha value is -0.240. The molecule has 0 amide bonds. The van der Waals surface area contributed by atoms with E-state index in [-0.39, 0.29) is 0 Å². The van der Waals surface area contributed by atoms with Crippen LogP contribution in [0.1, 0.15) is 57.9 Å². The Labute approximate surface area is 133 Å². The fourth-order valence-corrected chi connectivity index (χ4v) is 4.13. The van der Waals surface area contributed by atoms with Gasteiger partial charge in [0.05, 0.1) is 10.0 Å². The Morgan fingerprint density at radius 2 is 1.85 bits per heavy atom. The second kappa shape index (κ2) is 6.68. The van der Waals surface area contributed by atoms with Gasteiger partial charge in [-0.2, -0.15) is 0 Å². The largest absolute Gasteiger partial charge is 0.313 e. The van der Waals surface area contributed by atoms with Gasteiger partial charge in [0, 0.05) is 6.04 Å². The second-order valence-electron chi connectivity index (χ2n) is 5.91. The lowest BCUT2D eigenvalue weighted by atomic mass is 9.52. The molecule has 1 nitrogen and oxygen atoms in total. The Balaban J connectivity index is 2.21. The lowest BCUT2D eigenvalue weighted by molar-refractivity contribution is 0.0202. The average molecular weight is 314 g/mol. The van der Waals surface area contributed by atoms with Gasteiger partial charge >= 0.3 is 0 Å². The van der Waals surface area contributed by atoms with E-state index in [9.17, 15) is 0 Å². The third-order valence-corrected chi connectivity index (χ3v) is 5.90. The zero-order valence-corrected chi connectivity index (χ0v) is 14.2. The molecule has 1 aliphatic rings. The molecule has 0 aromatic heterocycles. The maximum absolute atomic E-state index is 6.19. The van der Waals surface area contributed by atoms with Crippen molar-refractivity contribution in [3.8, 4) is 0 Å². The highest BCUT2D eigenvalue weighted by Crippen LogP contribution is 2.57. The number of benzene rings is 1. The minimum absolute atomic E-state index is 0.367. The molecule has 0 heterocycles. The van der Waals surface area contributed by atoms with Gasteiger partial charge in [-0.1, -0.05) is 50.0 Å². The van der Waals surface area contributed by atoms with Gasteiger partial charge in [0.1, 0.15) is 0 Å². The van der Waals surface area contributed by atoms with Crippen molar-refractivity contribution in [3.63, 3.8) is 0 Å². The predicted octanol–water partition coefficient (Wildman–Crippen LogP) is 5.66. The van der Waals surface area contributed by atoms with Gasteiger partial charge in [-0.05, 0) is 61.3 Å².